The van der Waals surface area contributed by atoms with Gasteiger partial charge in [0.25, 0.3) is 5.91 Å². The normalized spacial score (nSPS) is 11.2. The Hall–Kier alpha value is -3.81. The van der Waals surface area contributed by atoms with Crippen LogP contribution < -0.4 is 10.7 Å². The zero-order valence-electron chi connectivity index (χ0n) is 16.6. The molecule has 0 atom stereocenters. The molecule has 158 valence electrons. The van der Waals surface area contributed by atoms with Gasteiger partial charge < -0.3 is 9.73 Å². The molecule has 2 aromatic carbocycles. The Balaban J connectivity index is 1.64. The molecule has 0 aliphatic rings. The van der Waals surface area contributed by atoms with Gasteiger partial charge in [0.15, 0.2) is 11.0 Å². The molecule has 0 spiro atoms. The molecule has 0 fully saturated rings. The molecule has 8 heteroatoms. The van der Waals surface area contributed by atoms with Gasteiger partial charge in [-0.25, -0.2) is 4.98 Å². The summed E-state index contributed by atoms with van der Waals surface area (Å²) in [6.07, 6.45) is 2.61. The fourth-order valence-corrected chi connectivity index (χ4v) is 3.45. The van der Waals surface area contributed by atoms with E-state index >= 15 is 0 Å². The Bertz CT molecular complexity index is 1300. The second-order valence-corrected chi connectivity index (χ2v) is 6.97. The maximum absolute atomic E-state index is 12.9. The van der Waals surface area contributed by atoms with Crippen molar-refractivity contribution >= 4 is 16.9 Å². The minimum absolute atomic E-state index is 0.0978. The molecule has 0 aliphatic heterocycles. The molecule has 0 saturated heterocycles. The van der Waals surface area contributed by atoms with Crippen LogP contribution in [0, 0.1) is 6.92 Å². The molecule has 4 aromatic rings. The van der Waals surface area contributed by atoms with Gasteiger partial charge in [-0.1, -0.05) is 36.4 Å². The highest BCUT2D eigenvalue weighted by molar-refractivity contribution is 6.05. The Labute approximate surface area is 176 Å². The van der Waals surface area contributed by atoms with Crippen LogP contribution in [0.4, 0.5) is 8.78 Å². The molecule has 1 amide bonds. The van der Waals surface area contributed by atoms with Crippen LogP contribution in [0.25, 0.3) is 22.3 Å². The highest BCUT2D eigenvalue weighted by atomic mass is 19.3. The molecule has 2 heterocycles. The summed E-state index contributed by atoms with van der Waals surface area (Å²) in [5.74, 6) is 0.103. The van der Waals surface area contributed by atoms with E-state index in [9.17, 15) is 18.4 Å². The van der Waals surface area contributed by atoms with Gasteiger partial charge in [0, 0.05) is 36.5 Å². The monoisotopic (exact) mass is 423 g/mol. The Morgan fingerprint density at radius 3 is 2.68 bits per heavy atom. The highest BCUT2D eigenvalue weighted by Gasteiger charge is 2.18. The molecule has 0 bridgehead atoms. The van der Waals surface area contributed by atoms with E-state index in [0.717, 1.165) is 10.1 Å². The second kappa shape index (κ2) is 8.51. The lowest BCUT2D eigenvalue weighted by Gasteiger charge is -2.11. The number of halogens is 2. The summed E-state index contributed by atoms with van der Waals surface area (Å²) in [5, 5.41) is 2.99. The van der Waals surface area contributed by atoms with Crippen molar-refractivity contribution in [1.82, 2.24) is 14.9 Å². The number of imidazole rings is 1. The van der Waals surface area contributed by atoms with Gasteiger partial charge in [-0.05, 0) is 19.1 Å². The maximum Gasteiger partial charge on any atom is 0.319 e. The van der Waals surface area contributed by atoms with Gasteiger partial charge in [-0.15, -0.1) is 0 Å². The van der Waals surface area contributed by atoms with Crippen LogP contribution in [0.2, 0.25) is 0 Å². The first-order valence-electron chi connectivity index (χ1n) is 9.67. The van der Waals surface area contributed by atoms with Crippen molar-refractivity contribution in [3.05, 3.63) is 88.1 Å². The predicted molar refractivity (Wildman–Crippen MR) is 112 cm³/mol. The summed E-state index contributed by atoms with van der Waals surface area (Å²) < 4.78 is 32.6. The summed E-state index contributed by atoms with van der Waals surface area (Å²) in [5.41, 5.74) is 1.35. The largest absolute Gasteiger partial charge is 0.455 e. The predicted octanol–water partition coefficient (Wildman–Crippen LogP) is 4.33. The number of rotatable bonds is 6. The maximum atomic E-state index is 12.9. The van der Waals surface area contributed by atoms with Gasteiger partial charge in [-0.2, -0.15) is 8.78 Å². The van der Waals surface area contributed by atoms with Gasteiger partial charge in [0.2, 0.25) is 0 Å². The molecular formula is C23H19F2N3O3. The third kappa shape index (κ3) is 3.96. The van der Waals surface area contributed by atoms with Gasteiger partial charge >= 0.3 is 6.55 Å². The lowest BCUT2D eigenvalue weighted by Crippen LogP contribution is -2.27. The van der Waals surface area contributed by atoms with Crippen molar-refractivity contribution in [1.29, 1.82) is 0 Å². The number of alkyl halides is 2. The summed E-state index contributed by atoms with van der Waals surface area (Å²) in [7, 11) is 0. The number of carbonyl (C=O) groups excluding carboxylic acids is 1. The van der Waals surface area contributed by atoms with Crippen molar-refractivity contribution in [3.63, 3.8) is 0 Å². The molecule has 0 unspecified atom stereocenters. The fraction of sp³-hybridized carbons (Fsp3) is 0.174. The number of benzene rings is 2. The van der Waals surface area contributed by atoms with Crippen molar-refractivity contribution in [2.75, 3.05) is 6.54 Å². The van der Waals surface area contributed by atoms with Crippen LogP contribution in [0.5, 0.6) is 0 Å². The standard InChI is InChI=1S/C23H19F2N3O3/c1-14-19(29)16-8-5-9-17(21(16)31-20(14)15-6-3-2-4-7-15)22(30)27-11-10-18-26-12-13-28(18)23(24)25/h2-9,12-13,23H,10-11H2,1H3,(H,27,30). The summed E-state index contributed by atoms with van der Waals surface area (Å²) in [6.45, 7) is -0.910. The SMILES string of the molecule is Cc1c(-c2ccccc2)oc2c(C(=O)NCCc3nccn3C(F)F)cccc2c1=O. The van der Waals surface area contributed by atoms with Crippen LogP contribution in [0.3, 0.4) is 0 Å². The van der Waals surface area contributed by atoms with Crippen molar-refractivity contribution in [2.45, 2.75) is 19.9 Å². The van der Waals surface area contributed by atoms with Gasteiger partial charge in [0.1, 0.15) is 11.6 Å². The molecule has 31 heavy (non-hydrogen) atoms. The van der Waals surface area contributed by atoms with E-state index in [1.54, 1.807) is 25.1 Å². The van der Waals surface area contributed by atoms with E-state index in [0.29, 0.717) is 16.7 Å². The van der Waals surface area contributed by atoms with E-state index in [1.165, 1.54) is 12.4 Å². The van der Waals surface area contributed by atoms with Gasteiger partial charge in [-0.3, -0.25) is 14.2 Å². The lowest BCUT2D eigenvalue weighted by atomic mass is 10.0. The topological polar surface area (TPSA) is 77.1 Å². The Morgan fingerprint density at radius 1 is 1.16 bits per heavy atom. The summed E-state index contributed by atoms with van der Waals surface area (Å²) in [4.78, 5) is 29.6. The van der Waals surface area contributed by atoms with Crippen LogP contribution >= 0.6 is 0 Å². The van der Waals surface area contributed by atoms with E-state index in [1.807, 2.05) is 30.3 Å². The smallest absolute Gasteiger partial charge is 0.319 e. The number of carbonyl (C=O) groups is 1. The zero-order valence-corrected chi connectivity index (χ0v) is 16.6. The number of nitrogens with zero attached hydrogens (tertiary/aromatic N) is 2. The summed E-state index contributed by atoms with van der Waals surface area (Å²) in [6, 6.07) is 14.0. The molecule has 0 saturated carbocycles. The number of amides is 1. The molecule has 4 rings (SSSR count). The van der Waals surface area contributed by atoms with Crippen LogP contribution in [0.1, 0.15) is 28.3 Å². The lowest BCUT2D eigenvalue weighted by molar-refractivity contribution is 0.0670. The van der Waals surface area contributed by atoms with Gasteiger partial charge in [0.05, 0.1) is 10.9 Å². The Kier molecular flexibility index (Phi) is 5.62. The minimum atomic E-state index is -2.69. The highest BCUT2D eigenvalue weighted by Crippen LogP contribution is 2.27. The number of fused-ring (bicyclic) bond motifs is 1. The molecule has 1 N–H and O–H groups in total. The second-order valence-electron chi connectivity index (χ2n) is 6.97. The number of hydrogen-bond acceptors (Lipinski definition) is 4. The summed E-state index contributed by atoms with van der Waals surface area (Å²) >= 11 is 0. The van der Waals surface area contributed by atoms with Crippen molar-refractivity contribution in [2.24, 2.45) is 0 Å². The van der Waals surface area contributed by atoms with E-state index in [-0.39, 0.29) is 35.4 Å². The van der Waals surface area contributed by atoms with E-state index < -0.39 is 12.5 Å². The molecule has 2 aromatic heterocycles. The first-order valence-corrected chi connectivity index (χ1v) is 9.67. The number of hydrogen-bond donors (Lipinski definition) is 1. The molecule has 0 radical (unpaired) electrons. The average Bonchev–Trinajstić information content (AvgIpc) is 3.25. The molecular weight excluding hydrogens is 404 g/mol. The first-order chi connectivity index (χ1) is 15.0. The third-order valence-corrected chi connectivity index (χ3v) is 5.02. The Morgan fingerprint density at radius 2 is 1.94 bits per heavy atom. The van der Waals surface area contributed by atoms with Crippen molar-refractivity contribution < 1.29 is 18.0 Å². The number of nitrogens with one attached hydrogen (secondary N) is 1. The van der Waals surface area contributed by atoms with Crippen molar-refractivity contribution in [3.8, 4) is 11.3 Å². The fourth-order valence-electron chi connectivity index (χ4n) is 3.45. The number of para-hydroxylation sites is 1. The first kappa shape index (κ1) is 20.5. The molecule has 6 nitrogen and oxygen atoms in total. The van der Waals surface area contributed by atoms with Crippen LogP contribution in [-0.2, 0) is 6.42 Å². The molecule has 0 aliphatic carbocycles. The van der Waals surface area contributed by atoms with Crippen LogP contribution in [-0.4, -0.2) is 22.0 Å². The zero-order chi connectivity index (χ0) is 22.0. The van der Waals surface area contributed by atoms with Crippen LogP contribution in [0.15, 0.2) is 70.1 Å². The average molecular weight is 423 g/mol. The quantitative estimate of drug-likeness (QED) is 0.501. The van der Waals surface area contributed by atoms with E-state index in [4.69, 9.17) is 4.42 Å². The minimum Gasteiger partial charge on any atom is -0.455 e. The van der Waals surface area contributed by atoms with E-state index in [2.05, 4.69) is 10.3 Å². The number of aromatic nitrogens is 2. The third-order valence-electron chi connectivity index (χ3n) is 5.02.